The molecule has 0 spiro atoms. The average Bonchev–Trinajstić information content (AvgIpc) is 2.34. The second-order valence-electron chi connectivity index (χ2n) is 3.15. The van der Waals surface area contributed by atoms with Gasteiger partial charge in [-0.1, -0.05) is 0 Å². The van der Waals surface area contributed by atoms with Gasteiger partial charge in [0.2, 0.25) is 0 Å². The van der Waals surface area contributed by atoms with E-state index in [1.54, 1.807) is 6.07 Å². The molecule has 0 amide bonds. The Hall–Kier alpha value is -3.01. The van der Waals surface area contributed by atoms with Crippen LogP contribution in [0, 0.1) is 21.4 Å². The Morgan fingerprint density at radius 1 is 1.50 bits per heavy atom. The van der Waals surface area contributed by atoms with Gasteiger partial charge in [-0.25, -0.2) is 4.79 Å². The lowest BCUT2D eigenvalue weighted by molar-refractivity contribution is -0.384. The maximum Gasteiger partial charge on any atom is 0.328 e. The Labute approximate surface area is 101 Å². The predicted molar refractivity (Wildman–Crippen MR) is 59.9 cm³/mol. The van der Waals surface area contributed by atoms with E-state index >= 15 is 0 Å². The number of rotatable bonds is 4. The van der Waals surface area contributed by atoms with Crippen molar-refractivity contribution in [3.8, 4) is 6.07 Å². The van der Waals surface area contributed by atoms with Crippen LogP contribution in [0.1, 0.15) is 21.5 Å². The van der Waals surface area contributed by atoms with Crippen LogP contribution in [0.25, 0.3) is 6.08 Å². The second-order valence-corrected chi connectivity index (χ2v) is 3.15. The molecule has 0 atom stereocenters. The SMILES string of the molecule is N#Cc1cc([N+](=O)[O-])cc(C=O)c1/C=C/C(=O)O. The van der Waals surface area contributed by atoms with Gasteiger partial charge in [0, 0.05) is 29.3 Å². The zero-order valence-electron chi connectivity index (χ0n) is 8.86. The Morgan fingerprint density at radius 3 is 2.61 bits per heavy atom. The van der Waals surface area contributed by atoms with Crippen molar-refractivity contribution in [3.63, 3.8) is 0 Å². The summed E-state index contributed by atoms with van der Waals surface area (Å²) in [5.74, 6) is -1.26. The van der Waals surface area contributed by atoms with E-state index in [1.807, 2.05) is 0 Å². The summed E-state index contributed by atoms with van der Waals surface area (Å²) in [6, 6.07) is 3.64. The smallest absolute Gasteiger partial charge is 0.328 e. The first-order valence-corrected chi connectivity index (χ1v) is 4.58. The first kappa shape index (κ1) is 13.1. The highest BCUT2D eigenvalue weighted by Crippen LogP contribution is 2.22. The molecule has 1 aromatic rings. The second kappa shape index (κ2) is 5.36. The van der Waals surface area contributed by atoms with Crippen LogP contribution in [0.2, 0.25) is 0 Å². The topological polar surface area (TPSA) is 121 Å². The van der Waals surface area contributed by atoms with E-state index in [-0.39, 0.29) is 16.7 Å². The van der Waals surface area contributed by atoms with Gasteiger partial charge in [-0.2, -0.15) is 5.26 Å². The fourth-order valence-electron chi connectivity index (χ4n) is 1.30. The van der Waals surface area contributed by atoms with Crippen LogP contribution in [-0.4, -0.2) is 22.3 Å². The molecular formula is C11H6N2O5. The number of carbonyl (C=O) groups is 2. The number of aliphatic carboxylic acids is 1. The lowest BCUT2D eigenvalue weighted by Crippen LogP contribution is -1.97. The number of carboxylic acids is 1. The van der Waals surface area contributed by atoms with Crippen LogP contribution in [0.3, 0.4) is 0 Å². The van der Waals surface area contributed by atoms with Crippen LogP contribution in [0.15, 0.2) is 18.2 Å². The molecule has 1 rings (SSSR count). The Bertz CT molecular complexity index is 598. The number of non-ortho nitro benzene ring substituents is 1. The van der Waals surface area contributed by atoms with Crippen LogP contribution < -0.4 is 0 Å². The maximum atomic E-state index is 10.8. The quantitative estimate of drug-likeness (QED) is 0.370. The summed E-state index contributed by atoms with van der Waals surface area (Å²) in [7, 11) is 0. The van der Waals surface area contributed by atoms with Gasteiger partial charge in [-0.05, 0) is 6.08 Å². The number of carbonyl (C=O) groups excluding carboxylic acids is 1. The maximum absolute atomic E-state index is 10.8. The van der Waals surface area contributed by atoms with Crippen LogP contribution >= 0.6 is 0 Å². The summed E-state index contributed by atoms with van der Waals surface area (Å²) < 4.78 is 0. The Balaban J connectivity index is 3.50. The monoisotopic (exact) mass is 246 g/mol. The van der Waals surface area contributed by atoms with Crippen LogP contribution in [-0.2, 0) is 4.79 Å². The number of benzene rings is 1. The van der Waals surface area contributed by atoms with Gasteiger partial charge in [0.15, 0.2) is 6.29 Å². The molecule has 1 aromatic carbocycles. The fraction of sp³-hybridized carbons (Fsp3) is 0. The van der Waals surface area contributed by atoms with E-state index in [9.17, 15) is 19.7 Å². The molecule has 18 heavy (non-hydrogen) atoms. The number of nitro benzene ring substituents is 1. The minimum absolute atomic E-state index is 0.0421. The molecule has 7 nitrogen and oxygen atoms in total. The third-order valence-corrected chi connectivity index (χ3v) is 2.05. The Kier molecular flexibility index (Phi) is 3.89. The molecule has 90 valence electrons. The van der Waals surface area contributed by atoms with Gasteiger partial charge >= 0.3 is 5.97 Å². The van der Waals surface area contributed by atoms with Crippen molar-refractivity contribution >= 4 is 24.0 Å². The van der Waals surface area contributed by atoms with E-state index < -0.39 is 16.6 Å². The number of hydrogen-bond donors (Lipinski definition) is 1. The van der Waals surface area contributed by atoms with E-state index in [1.165, 1.54) is 0 Å². The first-order valence-electron chi connectivity index (χ1n) is 4.58. The third kappa shape index (κ3) is 2.76. The lowest BCUT2D eigenvalue weighted by atomic mass is 10.0. The highest BCUT2D eigenvalue weighted by molar-refractivity contribution is 5.91. The summed E-state index contributed by atoms with van der Waals surface area (Å²) in [5.41, 5.74) is -0.608. The summed E-state index contributed by atoms with van der Waals surface area (Å²) in [6.45, 7) is 0. The number of nitriles is 1. The molecule has 0 aromatic heterocycles. The molecule has 0 aliphatic rings. The van der Waals surface area contributed by atoms with Gasteiger partial charge in [-0.15, -0.1) is 0 Å². The number of aldehydes is 1. The molecule has 0 heterocycles. The van der Waals surface area contributed by atoms with Crippen molar-refractivity contribution in [1.82, 2.24) is 0 Å². The van der Waals surface area contributed by atoms with Crippen molar-refractivity contribution in [1.29, 1.82) is 5.26 Å². The van der Waals surface area contributed by atoms with Crippen molar-refractivity contribution in [3.05, 3.63) is 45.0 Å². The fourth-order valence-corrected chi connectivity index (χ4v) is 1.30. The molecule has 0 fully saturated rings. The van der Waals surface area contributed by atoms with Crippen LogP contribution in [0.4, 0.5) is 5.69 Å². The predicted octanol–water partition coefficient (Wildman–Crippen LogP) is 1.38. The highest BCUT2D eigenvalue weighted by atomic mass is 16.6. The van der Waals surface area contributed by atoms with Crippen molar-refractivity contribution in [2.75, 3.05) is 0 Å². The summed E-state index contributed by atoms with van der Waals surface area (Å²) in [6.07, 6.45) is 2.12. The number of hydrogen-bond acceptors (Lipinski definition) is 5. The van der Waals surface area contributed by atoms with Crippen molar-refractivity contribution in [2.24, 2.45) is 0 Å². The van der Waals surface area contributed by atoms with E-state index in [4.69, 9.17) is 10.4 Å². The zero-order valence-corrected chi connectivity index (χ0v) is 8.86. The molecule has 7 heteroatoms. The van der Waals surface area contributed by atoms with E-state index in [0.29, 0.717) is 6.29 Å². The molecule has 0 saturated heterocycles. The highest BCUT2D eigenvalue weighted by Gasteiger charge is 2.14. The molecule has 0 unspecified atom stereocenters. The summed E-state index contributed by atoms with van der Waals surface area (Å²) >= 11 is 0. The minimum atomic E-state index is -1.26. The number of carboxylic acid groups (broad SMARTS) is 1. The van der Waals surface area contributed by atoms with Gasteiger partial charge in [0.05, 0.1) is 10.5 Å². The largest absolute Gasteiger partial charge is 0.478 e. The summed E-state index contributed by atoms with van der Waals surface area (Å²) in [5, 5.41) is 27.9. The number of nitrogens with zero attached hydrogens (tertiary/aromatic N) is 2. The van der Waals surface area contributed by atoms with Gasteiger partial charge in [-0.3, -0.25) is 14.9 Å². The Morgan fingerprint density at radius 2 is 2.17 bits per heavy atom. The van der Waals surface area contributed by atoms with Crippen LogP contribution in [0.5, 0.6) is 0 Å². The lowest BCUT2D eigenvalue weighted by Gasteiger charge is -2.02. The van der Waals surface area contributed by atoms with Gasteiger partial charge in [0.25, 0.3) is 5.69 Å². The molecule has 0 aliphatic carbocycles. The third-order valence-electron chi connectivity index (χ3n) is 2.05. The molecular weight excluding hydrogens is 240 g/mol. The van der Waals surface area contributed by atoms with Crippen molar-refractivity contribution < 1.29 is 19.6 Å². The average molecular weight is 246 g/mol. The molecule has 0 bridgehead atoms. The van der Waals surface area contributed by atoms with Gasteiger partial charge < -0.3 is 5.11 Å². The minimum Gasteiger partial charge on any atom is -0.478 e. The van der Waals surface area contributed by atoms with E-state index in [2.05, 4.69) is 0 Å². The zero-order chi connectivity index (χ0) is 13.7. The normalized spacial score (nSPS) is 9.94. The van der Waals surface area contributed by atoms with Crippen molar-refractivity contribution in [2.45, 2.75) is 0 Å². The summed E-state index contributed by atoms with van der Waals surface area (Å²) in [4.78, 5) is 31.0. The molecule has 0 saturated carbocycles. The molecule has 1 N–H and O–H groups in total. The first-order chi connectivity index (χ1) is 8.49. The number of nitro groups is 1. The standard InChI is InChI=1S/C11H6N2O5/c12-5-7-3-9(13(17)18)4-8(6-14)10(7)1-2-11(15)16/h1-4,6H,(H,15,16)/b2-1+. The molecule has 0 aliphatic heterocycles. The van der Waals surface area contributed by atoms with E-state index in [0.717, 1.165) is 24.3 Å². The molecule has 0 radical (unpaired) electrons. The van der Waals surface area contributed by atoms with Gasteiger partial charge in [0.1, 0.15) is 6.07 Å².